The highest BCUT2D eigenvalue weighted by atomic mass is 32.2. The van der Waals surface area contributed by atoms with Crippen LogP contribution in [0.1, 0.15) is 13.8 Å². The van der Waals surface area contributed by atoms with Gasteiger partial charge in [0.25, 0.3) is 0 Å². The molecule has 15 heavy (non-hydrogen) atoms. The van der Waals surface area contributed by atoms with Crippen molar-refractivity contribution in [3.63, 3.8) is 0 Å². The molecule has 1 aromatic carbocycles. The summed E-state index contributed by atoms with van der Waals surface area (Å²) in [5.74, 6) is 0. The number of benzene rings is 1. The van der Waals surface area contributed by atoms with Gasteiger partial charge in [-0.2, -0.15) is 0 Å². The molecule has 0 spiro atoms. The summed E-state index contributed by atoms with van der Waals surface area (Å²) in [7, 11) is -0.131. The molecule has 0 aliphatic heterocycles. The average molecular weight is 230 g/mol. The molecule has 0 saturated carbocycles. The Hall–Kier alpha value is -1.07. The second kappa shape index (κ2) is 6.42. The van der Waals surface area contributed by atoms with E-state index < -0.39 is 10.0 Å². The lowest BCUT2D eigenvalue weighted by molar-refractivity contribution is 0.588. The lowest BCUT2D eigenvalue weighted by atomic mass is 10.3. The van der Waals surface area contributed by atoms with Crippen LogP contribution in [-0.4, -0.2) is 22.5 Å². The van der Waals surface area contributed by atoms with Crippen molar-refractivity contribution >= 4 is 15.7 Å². The van der Waals surface area contributed by atoms with Gasteiger partial charge < -0.3 is 5.32 Å². The highest BCUT2D eigenvalue weighted by molar-refractivity contribution is 7.89. The second-order valence-corrected chi connectivity index (χ2v) is 4.37. The van der Waals surface area contributed by atoms with E-state index in [1.54, 1.807) is 31.3 Å². The third-order valence-corrected chi connectivity index (χ3v) is 3.15. The fourth-order valence-corrected chi connectivity index (χ4v) is 1.65. The van der Waals surface area contributed by atoms with Crippen LogP contribution >= 0.6 is 0 Å². The van der Waals surface area contributed by atoms with E-state index in [4.69, 9.17) is 0 Å². The van der Waals surface area contributed by atoms with Gasteiger partial charge in [-0.15, -0.1) is 0 Å². The van der Waals surface area contributed by atoms with E-state index in [2.05, 4.69) is 10.0 Å². The van der Waals surface area contributed by atoms with Crippen LogP contribution in [-0.2, 0) is 10.0 Å². The predicted molar refractivity (Wildman–Crippen MR) is 63.6 cm³/mol. The molecule has 0 aliphatic carbocycles. The van der Waals surface area contributed by atoms with Crippen molar-refractivity contribution in [2.24, 2.45) is 0 Å². The first-order valence-corrected chi connectivity index (χ1v) is 6.30. The highest BCUT2D eigenvalue weighted by Crippen LogP contribution is 2.12. The maximum Gasteiger partial charge on any atom is 0.240 e. The van der Waals surface area contributed by atoms with E-state index >= 15 is 0 Å². The van der Waals surface area contributed by atoms with Crippen LogP contribution in [0.15, 0.2) is 29.2 Å². The van der Waals surface area contributed by atoms with Crippen LogP contribution in [0, 0.1) is 0 Å². The molecule has 0 aromatic heterocycles. The number of sulfonamides is 1. The zero-order valence-electron chi connectivity index (χ0n) is 9.53. The van der Waals surface area contributed by atoms with Crippen molar-refractivity contribution in [1.29, 1.82) is 0 Å². The Morgan fingerprint density at radius 3 is 1.80 bits per heavy atom. The van der Waals surface area contributed by atoms with Gasteiger partial charge in [0, 0.05) is 12.7 Å². The largest absolute Gasteiger partial charge is 0.388 e. The molecule has 2 N–H and O–H groups in total. The minimum atomic E-state index is -3.30. The summed E-state index contributed by atoms with van der Waals surface area (Å²) in [6.45, 7) is 4.00. The molecular weight excluding hydrogens is 212 g/mol. The Bertz CT molecular complexity index is 371. The van der Waals surface area contributed by atoms with Crippen molar-refractivity contribution in [3.8, 4) is 0 Å². The van der Waals surface area contributed by atoms with Gasteiger partial charge in [-0.3, -0.25) is 0 Å². The highest BCUT2D eigenvalue weighted by Gasteiger charge is 2.09. The van der Waals surface area contributed by atoms with Crippen molar-refractivity contribution < 1.29 is 8.42 Å². The normalized spacial score (nSPS) is 10.1. The van der Waals surface area contributed by atoms with E-state index in [-0.39, 0.29) is 4.90 Å². The minimum absolute atomic E-state index is 0.272. The Labute approximate surface area is 91.8 Å². The Kier molecular flexibility index (Phi) is 5.96. The molecule has 86 valence electrons. The van der Waals surface area contributed by atoms with Crippen LogP contribution in [0.5, 0.6) is 0 Å². The van der Waals surface area contributed by atoms with E-state index in [1.807, 2.05) is 13.8 Å². The molecule has 5 heteroatoms. The second-order valence-electron chi connectivity index (χ2n) is 2.48. The van der Waals surface area contributed by atoms with Gasteiger partial charge in [0.1, 0.15) is 0 Å². The van der Waals surface area contributed by atoms with Crippen molar-refractivity contribution in [2.45, 2.75) is 18.7 Å². The lowest BCUT2D eigenvalue weighted by Gasteiger charge is -2.03. The van der Waals surface area contributed by atoms with Crippen molar-refractivity contribution in [1.82, 2.24) is 4.72 Å². The molecule has 1 aromatic rings. The van der Waals surface area contributed by atoms with Crippen LogP contribution in [0.3, 0.4) is 0 Å². The lowest BCUT2D eigenvalue weighted by Crippen LogP contribution is -2.18. The van der Waals surface area contributed by atoms with Gasteiger partial charge in [-0.25, -0.2) is 13.1 Å². The molecule has 0 unspecified atom stereocenters. The van der Waals surface area contributed by atoms with Crippen molar-refractivity contribution in [3.05, 3.63) is 24.3 Å². The third kappa shape index (κ3) is 3.89. The van der Waals surface area contributed by atoms with Gasteiger partial charge in [-0.1, -0.05) is 13.8 Å². The summed E-state index contributed by atoms with van der Waals surface area (Å²) < 4.78 is 24.8. The quantitative estimate of drug-likeness (QED) is 0.830. The maximum atomic E-state index is 11.3. The Morgan fingerprint density at radius 2 is 1.47 bits per heavy atom. The molecule has 0 amide bonds. The summed E-state index contributed by atoms with van der Waals surface area (Å²) >= 11 is 0. The number of anilines is 1. The first-order valence-electron chi connectivity index (χ1n) is 4.81. The van der Waals surface area contributed by atoms with Crippen LogP contribution in [0.25, 0.3) is 0 Å². The molecule has 4 nitrogen and oxygen atoms in total. The molecule has 0 aliphatic rings. The first kappa shape index (κ1) is 13.9. The van der Waals surface area contributed by atoms with Crippen molar-refractivity contribution in [2.75, 3.05) is 19.4 Å². The molecular formula is C10H18N2O2S. The number of hydrogen-bond donors (Lipinski definition) is 2. The molecule has 0 bridgehead atoms. The number of hydrogen-bond acceptors (Lipinski definition) is 3. The third-order valence-electron chi connectivity index (χ3n) is 1.72. The monoisotopic (exact) mass is 230 g/mol. The SMILES string of the molecule is CC.CNc1ccc(S(=O)(=O)NC)cc1. The molecule has 0 heterocycles. The van der Waals surface area contributed by atoms with Crippen LogP contribution < -0.4 is 10.0 Å². The van der Waals surface area contributed by atoms with Gasteiger partial charge in [0.05, 0.1) is 4.90 Å². The average Bonchev–Trinajstić information content (AvgIpc) is 2.32. The fraction of sp³-hybridized carbons (Fsp3) is 0.400. The molecule has 0 saturated heterocycles. The van der Waals surface area contributed by atoms with E-state index in [0.717, 1.165) is 5.69 Å². The topological polar surface area (TPSA) is 58.2 Å². The Morgan fingerprint density at radius 1 is 1.00 bits per heavy atom. The summed E-state index contributed by atoms with van der Waals surface area (Å²) in [5.41, 5.74) is 0.884. The standard InChI is InChI=1S/C8H12N2O2S.C2H6/c1-9-7-3-5-8(6-4-7)13(11,12)10-2;1-2/h3-6,9-10H,1-2H3;1-2H3. The van der Waals surface area contributed by atoms with Gasteiger partial charge >= 0.3 is 0 Å². The number of rotatable bonds is 3. The van der Waals surface area contributed by atoms with Gasteiger partial charge in [0.15, 0.2) is 0 Å². The minimum Gasteiger partial charge on any atom is -0.388 e. The zero-order valence-corrected chi connectivity index (χ0v) is 10.4. The van der Waals surface area contributed by atoms with E-state index in [0.29, 0.717) is 0 Å². The smallest absolute Gasteiger partial charge is 0.240 e. The van der Waals surface area contributed by atoms with Gasteiger partial charge in [-0.05, 0) is 31.3 Å². The van der Waals surface area contributed by atoms with E-state index in [9.17, 15) is 8.42 Å². The summed E-state index contributed by atoms with van der Waals surface area (Å²) in [6.07, 6.45) is 0. The number of nitrogens with one attached hydrogen (secondary N) is 2. The molecule has 1 rings (SSSR count). The van der Waals surface area contributed by atoms with Crippen LogP contribution in [0.2, 0.25) is 0 Å². The predicted octanol–water partition coefficient (Wildman–Crippen LogP) is 1.66. The Balaban J connectivity index is 0.000000921. The van der Waals surface area contributed by atoms with Gasteiger partial charge in [0.2, 0.25) is 10.0 Å². The van der Waals surface area contributed by atoms with Crippen LogP contribution in [0.4, 0.5) is 5.69 Å². The molecule has 0 radical (unpaired) electrons. The summed E-state index contributed by atoms with van der Waals surface area (Å²) in [5, 5.41) is 2.91. The first-order chi connectivity index (χ1) is 7.10. The zero-order chi connectivity index (χ0) is 11.9. The molecule has 0 fully saturated rings. The van der Waals surface area contributed by atoms with E-state index in [1.165, 1.54) is 7.05 Å². The summed E-state index contributed by atoms with van der Waals surface area (Å²) in [6, 6.07) is 6.53. The summed E-state index contributed by atoms with van der Waals surface area (Å²) in [4.78, 5) is 0.272. The molecule has 0 atom stereocenters. The fourth-order valence-electron chi connectivity index (χ4n) is 0.919. The maximum absolute atomic E-state index is 11.3.